The van der Waals surface area contributed by atoms with E-state index in [-0.39, 0.29) is 0 Å². The molecule has 0 aliphatic carbocycles. The minimum atomic E-state index is 0.711. The van der Waals surface area contributed by atoms with Gasteiger partial charge in [-0.15, -0.1) is 0 Å². The fourth-order valence-electron chi connectivity index (χ4n) is 1.76. The van der Waals surface area contributed by atoms with E-state index in [1.54, 1.807) is 0 Å². The van der Waals surface area contributed by atoms with Crippen molar-refractivity contribution in [2.75, 3.05) is 19.7 Å². The Bertz CT molecular complexity index is 92.2. The van der Waals surface area contributed by atoms with Crippen molar-refractivity contribution in [2.45, 2.75) is 18.9 Å². The molecule has 0 aromatic carbocycles. The molecule has 2 atom stereocenters. The molecule has 10 heavy (non-hydrogen) atoms. The fraction of sp³-hybridized carbons (Fsp3) is 1.00. The van der Waals surface area contributed by atoms with Gasteiger partial charge in [-0.05, 0) is 19.4 Å². The third-order valence-electron chi connectivity index (χ3n) is 2.41. The van der Waals surface area contributed by atoms with Gasteiger partial charge in [0, 0.05) is 18.5 Å². The molecule has 2 aliphatic rings. The lowest BCUT2D eigenvalue weighted by Gasteiger charge is -2.14. The van der Waals surface area contributed by atoms with Crippen molar-refractivity contribution in [3.05, 3.63) is 0 Å². The third kappa shape index (κ3) is 1.17. The Hall–Kier alpha value is -0.120. The second-order valence-corrected chi connectivity index (χ2v) is 3.12. The number of hydrogen-bond acceptors (Lipinski definition) is 3. The highest BCUT2D eigenvalue weighted by atomic mass is 16.7. The molecule has 2 rings (SSSR count). The molecule has 2 unspecified atom stereocenters. The largest absolute Gasteiger partial charge is 0.314 e. The molecule has 0 aromatic rings. The second kappa shape index (κ2) is 2.86. The molecule has 2 fully saturated rings. The highest BCUT2D eigenvalue weighted by Crippen LogP contribution is 2.16. The molecule has 0 bridgehead atoms. The van der Waals surface area contributed by atoms with Gasteiger partial charge in [-0.1, -0.05) is 0 Å². The van der Waals surface area contributed by atoms with Gasteiger partial charge < -0.3 is 10.2 Å². The topological polar surface area (TPSA) is 33.3 Å². The van der Waals surface area contributed by atoms with Gasteiger partial charge in [0.15, 0.2) is 0 Å². The van der Waals surface area contributed by atoms with E-state index < -0.39 is 0 Å². The predicted octanol–water partition coefficient (Wildman–Crippen LogP) is -0.111. The molecule has 0 spiro atoms. The molecule has 3 heteroatoms. The van der Waals surface area contributed by atoms with Crippen LogP contribution in [0.3, 0.4) is 0 Å². The summed E-state index contributed by atoms with van der Waals surface area (Å²) in [5.74, 6) is 0.711. The summed E-state index contributed by atoms with van der Waals surface area (Å²) in [6, 6.07) is 0.718. The zero-order chi connectivity index (χ0) is 6.81. The minimum absolute atomic E-state index is 0.711. The van der Waals surface area contributed by atoms with E-state index in [0.29, 0.717) is 5.92 Å². The van der Waals surface area contributed by atoms with Gasteiger partial charge in [0.05, 0.1) is 6.61 Å². The lowest BCUT2D eigenvalue weighted by Crippen LogP contribution is -2.33. The number of hydrogen-bond donors (Lipinski definition) is 2. The summed E-state index contributed by atoms with van der Waals surface area (Å²) < 4.78 is 0. The van der Waals surface area contributed by atoms with Crippen molar-refractivity contribution in [2.24, 2.45) is 5.92 Å². The molecular weight excluding hydrogens is 128 g/mol. The second-order valence-electron chi connectivity index (χ2n) is 3.12. The molecule has 58 valence electrons. The summed E-state index contributed by atoms with van der Waals surface area (Å²) in [7, 11) is 0. The standard InChI is InChI=1S/C7H14N2O/c1-2-7(8-3-1)6-4-9-10-5-6/h6-9H,1-5H2. The highest BCUT2D eigenvalue weighted by molar-refractivity contribution is 4.83. The van der Waals surface area contributed by atoms with Crippen LogP contribution in [0.25, 0.3) is 0 Å². The first-order valence-corrected chi connectivity index (χ1v) is 4.05. The molecule has 2 aliphatic heterocycles. The van der Waals surface area contributed by atoms with Crippen LogP contribution in [0.4, 0.5) is 0 Å². The van der Waals surface area contributed by atoms with E-state index in [9.17, 15) is 0 Å². The molecule has 2 saturated heterocycles. The summed E-state index contributed by atoms with van der Waals surface area (Å²) >= 11 is 0. The van der Waals surface area contributed by atoms with Crippen LogP contribution in [0.1, 0.15) is 12.8 Å². The van der Waals surface area contributed by atoms with Gasteiger partial charge in [0.1, 0.15) is 0 Å². The van der Waals surface area contributed by atoms with Gasteiger partial charge in [-0.3, -0.25) is 0 Å². The van der Waals surface area contributed by atoms with Gasteiger partial charge >= 0.3 is 0 Å². The monoisotopic (exact) mass is 142 g/mol. The van der Waals surface area contributed by atoms with Crippen LogP contribution in [0.15, 0.2) is 0 Å². The van der Waals surface area contributed by atoms with E-state index in [0.717, 1.165) is 19.2 Å². The Kier molecular flexibility index (Phi) is 1.88. The Labute approximate surface area is 61.1 Å². The molecule has 2 heterocycles. The Morgan fingerprint density at radius 2 is 2.40 bits per heavy atom. The summed E-state index contributed by atoms with van der Waals surface area (Å²) in [6.07, 6.45) is 2.66. The summed E-state index contributed by atoms with van der Waals surface area (Å²) in [4.78, 5) is 5.08. The highest BCUT2D eigenvalue weighted by Gasteiger charge is 2.27. The fourth-order valence-corrected chi connectivity index (χ4v) is 1.76. The molecule has 0 amide bonds. The zero-order valence-corrected chi connectivity index (χ0v) is 6.10. The quantitative estimate of drug-likeness (QED) is 0.536. The minimum Gasteiger partial charge on any atom is -0.314 e. The van der Waals surface area contributed by atoms with Crippen LogP contribution in [0, 0.1) is 5.92 Å². The van der Waals surface area contributed by atoms with Crippen molar-refractivity contribution >= 4 is 0 Å². The zero-order valence-electron chi connectivity index (χ0n) is 6.10. The SMILES string of the molecule is C1CNC(C2CNOC2)C1. The van der Waals surface area contributed by atoms with Crippen molar-refractivity contribution in [1.29, 1.82) is 0 Å². The van der Waals surface area contributed by atoms with E-state index in [2.05, 4.69) is 10.8 Å². The first-order chi connectivity index (χ1) is 4.97. The van der Waals surface area contributed by atoms with E-state index in [1.165, 1.54) is 19.4 Å². The van der Waals surface area contributed by atoms with Gasteiger partial charge in [-0.2, -0.15) is 0 Å². The van der Waals surface area contributed by atoms with Crippen LogP contribution >= 0.6 is 0 Å². The Morgan fingerprint density at radius 3 is 3.00 bits per heavy atom. The van der Waals surface area contributed by atoms with Crippen LogP contribution in [0.2, 0.25) is 0 Å². The molecule has 0 radical (unpaired) electrons. The molecule has 2 N–H and O–H groups in total. The predicted molar refractivity (Wildman–Crippen MR) is 38.5 cm³/mol. The maximum absolute atomic E-state index is 5.08. The summed E-state index contributed by atoms with van der Waals surface area (Å²) in [6.45, 7) is 3.11. The van der Waals surface area contributed by atoms with Gasteiger partial charge in [0.2, 0.25) is 0 Å². The molecule has 0 saturated carbocycles. The van der Waals surface area contributed by atoms with Crippen molar-refractivity contribution in [1.82, 2.24) is 10.8 Å². The average molecular weight is 142 g/mol. The van der Waals surface area contributed by atoms with E-state index >= 15 is 0 Å². The Balaban J connectivity index is 1.85. The van der Waals surface area contributed by atoms with E-state index in [4.69, 9.17) is 4.84 Å². The number of hydroxylamine groups is 1. The molecule has 3 nitrogen and oxygen atoms in total. The first-order valence-electron chi connectivity index (χ1n) is 4.05. The summed E-state index contributed by atoms with van der Waals surface area (Å²) in [5, 5.41) is 3.48. The van der Waals surface area contributed by atoms with Crippen LogP contribution in [-0.4, -0.2) is 25.7 Å². The normalized spacial score (nSPS) is 40.8. The Morgan fingerprint density at radius 1 is 1.40 bits per heavy atom. The number of rotatable bonds is 1. The maximum atomic E-state index is 5.08. The van der Waals surface area contributed by atoms with Gasteiger partial charge in [0.25, 0.3) is 0 Å². The van der Waals surface area contributed by atoms with Crippen molar-refractivity contribution in [3.63, 3.8) is 0 Å². The van der Waals surface area contributed by atoms with Crippen LogP contribution in [-0.2, 0) is 4.84 Å². The van der Waals surface area contributed by atoms with Crippen molar-refractivity contribution < 1.29 is 4.84 Å². The molecular formula is C7H14N2O. The lowest BCUT2D eigenvalue weighted by atomic mass is 10.0. The van der Waals surface area contributed by atoms with E-state index in [1.807, 2.05) is 0 Å². The van der Waals surface area contributed by atoms with Crippen LogP contribution in [0.5, 0.6) is 0 Å². The number of nitrogens with one attached hydrogen (secondary N) is 2. The smallest absolute Gasteiger partial charge is 0.0738 e. The lowest BCUT2D eigenvalue weighted by molar-refractivity contribution is 0.0948. The van der Waals surface area contributed by atoms with Crippen LogP contribution < -0.4 is 10.8 Å². The third-order valence-corrected chi connectivity index (χ3v) is 2.41. The summed E-state index contributed by atoms with van der Waals surface area (Å²) in [5.41, 5.74) is 2.91. The maximum Gasteiger partial charge on any atom is 0.0738 e. The van der Waals surface area contributed by atoms with Crippen molar-refractivity contribution in [3.8, 4) is 0 Å². The molecule has 0 aromatic heterocycles. The van der Waals surface area contributed by atoms with Gasteiger partial charge in [-0.25, -0.2) is 5.48 Å². The average Bonchev–Trinajstić information content (AvgIpc) is 2.59. The first kappa shape index (κ1) is 6.58.